The van der Waals surface area contributed by atoms with Gasteiger partial charge in [0.25, 0.3) is 0 Å². The average molecular weight is 230 g/mol. The van der Waals surface area contributed by atoms with E-state index in [9.17, 15) is 0 Å². The topological polar surface area (TPSA) is 36.9 Å². The molecule has 0 rings (SSSR count). The summed E-state index contributed by atoms with van der Waals surface area (Å²) in [6.45, 7) is 11.6. The van der Waals surface area contributed by atoms with Crippen molar-refractivity contribution >= 4 is 0 Å². The lowest BCUT2D eigenvalue weighted by Gasteiger charge is -2.19. The van der Waals surface area contributed by atoms with Crippen molar-refractivity contribution in [2.75, 3.05) is 0 Å². The molecule has 0 aromatic heterocycles. The second kappa shape index (κ2) is 6.62. The predicted molar refractivity (Wildman–Crippen MR) is 60.9 cm³/mol. The monoisotopic (exact) mass is 230 g/mol. The fourth-order valence-corrected chi connectivity index (χ4v) is 0.419. The normalized spacial score (nSPS) is 11.6. The first-order valence-corrected chi connectivity index (χ1v) is 5.52. The van der Waals surface area contributed by atoms with E-state index < -0.39 is 0 Å². The Morgan fingerprint density at radius 2 is 1.06 bits per heavy atom. The van der Waals surface area contributed by atoms with Crippen LogP contribution in [-0.2, 0) is 19.6 Å². The molecule has 0 aromatic rings. The summed E-state index contributed by atoms with van der Waals surface area (Å²) in [4.78, 5) is 19.4. The van der Waals surface area contributed by atoms with Crippen molar-refractivity contribution < 1.29 is 19.6 Å². The minimum Gasteiger partial charge on any atom is -0.278 e. The first-order valence-electron chi connectivity index (χ1n) is 5.52. The number of rotatable bonds is 6. The van der Waals surface area contributed by atoms with Gasteiger partial charge in [0.1, 0.15) is 11.2 Å². The molecular formula is C12H22O4. The van der Waals surface area contributed by atoms with Crippen molar-refractivity contribution in [3.63, 3.8) is 0 Å². The molecule has 0 bridgehead atoms. The van der Waals surface area contributed by atoms with Crippen molar-refractivity contribution in [2.45, 2.75) is 65.6 Å². The molecule has 0 amide bonds. The van der Waals surface area contributed by atoms with E-state index in [0.717, 1.165) is 12.8 Å². The Morgan fingerprint density at radius 3 is 1.31 bits per heavy atom. The number of hydrogen-bond acceptors (Lipinski definition) is 4. The van der Waals surface area contributed by atoms with E-state index in [1.54, 1.807) is 0 Å². The van der Waals surface area contributed by atoms with E-state index in [1.807, 2.05) is 41.5 Å². The summed E-state index contributed by atoms with van der Waals surface area (Å²) in [5.74, 6) is 0. The molecule has 0 unspecified atom stereocenters. The lowest BCUT2D eigenvalue weighted by Crippen LogP contribution is -2.22. The Kier molecular flexibility index (Phi) is 6.24. The zero-order valence-corrected chi connectivity index (χ0v) is 11.0. The third kappa shape index (κ3) is 7.38. The molecule has 0 radical (unpaired) electrons. The highest BCUT2D eigenvalue weighted by atomic mass is 17.2. The quantitative estimate of drug-likeness (QED) is 0.399. The van der Waals surface area contributed by atoms with Gasteiger partial charge in [0.15, 0.2) is 0 Å². The molecule has 0 aliphatic rings. The lowest BCUT2D eigenvalue weighted by molar-refractivity contribution is -0.318. The molecule has 16 heavy (non-hydrogen) atoms. The molecule has 94 valence electrons. The zero-order chi connectivity index (χ0) is 12.7. The molecule has 0 aliphatic carbocycles. The predicted octanol–water partition coefficient (Wildman–Crippen LogP) is 3.18. The van der Waals surface area contributed by atoms with E-state index in [-0.39, 0.29) is 11.2 Å². The highest BCUT2D eigenvalue weighted by Gasteiger charge is 2.18. The van der Waals surface area contributed by atoms with Crippen LogP contribution in [0.15, 0.2) is 0 Å². The number of hydrogen-bond donors (Lipinski definition) is 0. The van der Waals surface area contributed by atoms with E-state index in [2.05, 4.69) is 22.0 Å². The van der Waals surface area contributed by atoms with E-state index in [0.29, 0.717) is 0 Å². The Hall–Kier alpha value is -0.920. The first-order chi connectivity index (χ1) is 7.33. The van der Waals surface area contributed by atoms with Gasteiger partial charge in [-0.15, -0.1) is 0 Å². The highest BCUT2D eigenvalue weighted by Crippen LogP contribution is 2.14. The van der Waals surface area contributed by atoms with Crippen molar-refractivity contribution in [3.8, 4) is 12.2 Å². The van der Waals surface area contributed by atoms with Crippen molar-refractivity contribution in [2.24, 2.45) is 0 Å². The second-order valence-corrected chi connectivity index (χ2v) is 4.76. The molecule has 0 saturated heterocycles. The summed E-state index contributed by atoms with van der Waals surface area (Å²) in [5, 5.41) is 0. The van der Waals surface area contributed by atoms with Crippen LogP contribution in [0.3, 0.4) is 0 Å². The third-order valence-electron chi connectivity index (χ3n) is 2.36. The standard InChI is InChI=1S/C12H22O4/c1-7-11(3,4)15-13-9-10-14-16-12(5,6)8-2/h7-8H2,1-6H3. The maximum absolute atomic E-state index is 5.03. The molecule has 0 fully saturated rings. The van der Waals surface area contributed by atoms with Gasteiger partial charge in [-0.25, -0.2) is 0 Å². The van der Waals surface area contributed by atoms with Crippen LogP contribution in [0.25, 0.3) is 0 Å². The van der Waals surface area contributed by atoms with Crippen molar-refractivity contribution in [1.82, 2.24) is 0 Å². The first kappa shape index (κ1) is 15.1. The van der Waals surface area contributed by atoms with Crippen LogP contribution in [0.2, 0.25) is 0 Å². The van der Waals surface area contributed by atoms with Crippen LogP contribution < -0.4 is 0 Å². The van der Waals surface area contributed by atoms with Gasteiger partial charge in [0.05, 0.1) is 0 Å². The Balaban J connectivity index is 3.72. The molecule has 0 spiro atoms. The van der Waals surface area contributed by atoms with Gasteiger partial charge in [0, 0.05) is 0 Å². The van der Waals surface area contributed by atoms with Gasteiger partial charge in [-0.1, -0.05) is 13.8 Å². The van der Waals surface area contributed by atoms with Gasteiger partial charge in [-0.2, -0.15) is 9.78 Å². The van der Waals surface area contributed by atoms with Crippen LogP contribution in [-0.4, -0.2) is 11.2 Å². The van der Waals surface area contributed by atoms with E-state index in [4.69, 9.17) is 9.78 Å². The largest absolute Gasteiger partial charge is 0.278 e. The molecule has 0 N–H and O–H groups in total. The smallest absolute Gasteiger partial charge is 0.204 e. The van der Waals surface area contributed by atoms with Gasteiger partial charge in [0.2, 0.25) is 12.2 Å². The molecule has 0 aromatic carbocycles. The summed E-state index contributed by atoms with van der Waals surface area (Å²) in [6, 6.07) is 0. The second-order valence-electron chi connectivity index (χ2n) is 4.76. The van der Waals surface area contributed by atoms with Gasteiger partial charge >= 0.3 is 0 Å². The average Bonchev–Trinajstić information content (AvgIpc) is 2.23. The summed E-state index contributed by atoms with van der Waals surface area (Å²) in [5.41, 5.74) is -0.698. The van der Waals surface area contributed by atoms with Gasteiger partial charge in [-0.3, -0.25) is 9.78 Å². The van der Waals surface area contributed by atoms with Gasteiger partial charge in [-0.05, 0) is 40.5 Å². The lowest BCUT2D eigenvalue weighted by atomic mass is 10.1. The summed E-state index contributed by atoms with van der Waals surface area (Å²) in [6.07, 6.45) is 6.16. The molecule has 0 atom stereocenters. The fraction of sp³-hybridized carbons (Fsp3) is 0.833. The Labute approximate surface area is 98.1 Å². The molecule has 0 heterocycles. The van der Waals surface area contributed by atoms with Crippen molar-refractivity contribution in [3.05, 3.63) is 0 Å². The minimum atomic E-state index is -0.349. The van der Waals surface area contributed by atoms with Crippen LogP contribution in [0.1, 0.15) is 54.4 Å². The zero-order valence-electron chi connectivity index (χ0n) is 11.0. The van der Waals surface area contributed by atoms with E-state index >= 15 is 0 Å². The SMILES string of the molecule is CCC(C)(C)OOC#COOC(C)(C)CC. The van der Waals surface area contributed by atoms with Gasteiger partial charge < -0.3 is 0 Å². The maximum atomic E-state index is 5.03. The van der Waals surface area contributed by atoms with Crippen LogP contribution >= 0.6 is 0 Å². The van der Waals surface area contributed by atoms with E-state index in [1.165, 1.54) is 0 Å². The summed E-state index contributed by atoms with van der Waals surface area (Å²) >= 11 is 0. The van der Waals surface area contributed by atoms with Crippen LogP contribution in [0.4, 0.5) is 0 Å². The van der Waals surface area contributed by atoms with Crippen LogP contribution in [0.5, 0.6) is 0 Å². The fourth-order valence-electron chi connectivity index (χ4n) is 0.419. The summed E-state index contributed by atoms with van der Waals surface area (Å²) < 4.78 is 0. The molecule has 4 nitrogen and oxygen atoms in total. The van der Waals surface area contributed by atoms with Crippen LogP contribution in [0, 0.1) is 12.2 Å². The maximum Gasteiger partial charge on any atom is 0.204 e. The molecule has 0 aliphatic heterocycles. The Morgan fingerprint density at radius 1 is 0.750 bits per heavy atom. The van der Waals surface area contributed by atoms with Crippen molar-refractivity contribution in [1.29, 1.82) is 0 Å². The minimum absolute atomic E-state index is 0.349. The Bertz CT molecular complexity index is 223. The molecule has 0 saturated carbocycles. The third-order valence-corrected chi connectivity index (χ3v) is 2.36. The molecule has 4 heteroatoms. The molecular weight excluding hydrogens is 208 g/mol. The highest BCUT2D eigenvalue weighted by molar-refractivity contribution is 4.78. The summed E-state index contributed by atoms with van der Waals surface area (Å²) in [7, 11) is 0.